The Morgan fingerprint density at radius 1 is 1.15 bits per heavy atom. The summed E-state index contributed by atoms with van der Waals surface area (Å²) in [4.78, 5) is 23.3. The number of carbonyl (C=O) groups excluding carboxylic acids is 2. The number of rotatable bonds is 3. The number of aliphatic hydroxyl groups is 1. The Morgan fingerprint density at radius 2 is 1.75 bits per heavy atom. The maximum Gasteiger partial charge on any atom is 0.313 e. The zero-order valence-corrected chi connectivity index (χ0v) is 11.7. The first-order valence-corrected chi connectivity index (χ1v) is 6.93. The van der Waals surface area contributed by atoms with Gasteiger partial charge in [-0.3, -0.25) is 9.59 Å². The molecule has 0 aromatic heterocycles. The van der Waals surface area contributed by atoms with E-state index in [4.69, 9.17) is 11.6 Å². The molecule has 1 aliphatic rings. The molecule has 1 aromatic carbocycles. The van der Waals surface area contributed by atoms with Crippen molar-refractivity contribution in [2.24, 2.45) is 0 Å². The van der Waals surface area contributed by atoms with Crippen LogP contribution in [-0.4, -0.2) is 29.1 Å². The van der Waals surface area contributed by atoms with E-state index in [2.05, 4.69) is 10.6 Å². The van der Waals surface area contributed by atoms with Crippen molar-refractivity contribution < 1.29 is 14.7 Å². The highest BCUT2D eigenvalue weighted by atomic mass is 35.5. The Balaban J connectivity index is 1.83. The fraction of sp³-hybridized carbons (Fsp3) is 0.429. The third-order valence-corrected chi connectivity index (χ3v) is 3.67. The number of carbonyl (C=O) groups is 2. The van der Waals surface area contributed by atoms with Crippen molar-refractivity contribution >= 4 is 29.1 Å². The molecule has 0 bridgehead atoms. The van der Waals surface area contributed by atoms with Crippen molar-refractivity contribution in [1.29, 1.82) is 0 Å². The molecule has 0 heterocycles. The normalized spacial score (nSPS) is 16.7. The average Bonchev–Trinajstić information content (AvgIpc) is 2.86. The zero-order valence-electron chi connectivity index (χ0n) is 11.0. The van der Waals surface area contributed by atoms with E-state index < -0.39 is 17.4 Å². The van der Waals surface area contributed by atoms with Crippen LogP contribution in [0.3, 0.4) is 0 Å². The molecule has 1 aliphatic carbocycles. The second-order valence-corrected chi connectivity index (χ2v) is 5.51. The topological polar surface area (TPSA) is 78.4 Å². The predicted octanol–water partition coefficient (Wildman–Crippen LogP) is 1.70. The Hall–Kier alpha value is -1.59. The van der Waals surface area contributed by atoms with E-state index in [0.29, 0.717) is 23.6 Å². The Kier molecular flexibility index (Phi) is 4.62. The molecule has 1 saturated carbocycles. The van der Waals surface area contributed by atoms with E-state index in [-0.39, 0.29) is 6.54 Å². The quantitative estimate of drug-likeness (QED) is 0.743. The third kappa shape index (κ3) is 3.95. The molecule has 1 aromatic rings. The van der Waals surface area contributed by atoms with Crippen LogP contribution in [0, 0.1) is 0 Å². The Bertz CT molecular complexity index is 496. The van der Waals surface area contributed by atoms with Gasteiger partial charge in [0.2, 0.25) is 0 Å². The molecule has 2 rings (SSSR count). The van der Waals surface area contributed by atoms with E-state index in [1.54, 1.807) is 24.3 Å². The van der Waals surface area contributed by atoms with Gasteiger partial charge in [0.15, 0.2) is 0 Å². The van der Waals surface area contributed by atoms with Gasteiger partial charge in [-0.05, 0) is 37.1 Å². The molecular formula is C14H17ClN2O3. The lowest BCUT2D eigenvalue weighted by Crippen LogP contribution is -2.44. The molecule has 108 valence electrons. The molecule has 0 unspecified atom stereocenters. The van der Waals surface area contributed by atoms with Crippen LogP contribution >= 0.6 is 11.6 Å². The molecule has 0 atom stereocenters. The van der Waals surface area contributed by atoms with Crippen LogP contribution in [0.4, 0.5) is 5.69 Å². The molecular weight excluding hydrogens is 280 g/mol. The number of halogens is 1. The van der Waals surface area contributed by atoms with Gasteiger partial charge >= 0.3 is 11.8 Å². The number of benzene rings is 1. The molecule has 0 aliphatic heterocycles. The third-order valence-electron chi connectivity index (χ3n) is 3.42. The summed E-state index contributed by atoms with van der Waals surface area (Å²) in [6, 6.07) is 6.46. The van der Waals surface area contributed by atoms with Crippen LogP contribution in [0.1, 0.15) is 25.7 Å². The molecule has 0 radical (unpaired) electrons. The molecule has 0 spiro atoms. The first kappa shape index (κ1) is 14.8. The van der Waals surface area contributed by atoms with Crippen LogP contribution in [0.5, 0.6) is 0 Å². The molecule has 3 N–H and O–H groups in total. The van der Waals surface area contributed by atoms with Crippen molar-refractivity contribution in [2.75, 3.05) is 11.9 Å². The monoisotopic (exact) mass is 296 g/mol. The number of hydrogen-bond acceptors (Lipinski definition) is 3. The van der Waals surface area contributed by atoms with Gasteiger partial charge in [-0.2, -0.15) is 0 Å². The zero-order chi connectivity index (χ0) is 14.6. The molecule has 6 heteroatoms. The highest BCUT2D eigenvalue weighted by Crippen LogP contribution is 2.28. The van der Waals surface area contributed by atoms with Crippen molar-refractivity contribution in [1.82, 2.24) is 5.32 Å². The molecule has 5 nitrogen and oxygen atoms in total. The van der Waals surface area contributed by atoms with Gasteiger partial charge in [0.05, 0.1) is 5.60 Å². The molecule has 1 fully saturated rings. The number of anilines is 1. The molecule has 0 saturated heterocycles. The van der Waals surface area contributed by atoms with Gasteiger partial charge in [-0.1, -0.05) is 24.4 Å². The number of hydrogen-bond donors (Lipinski definition) is 3. The summed E-state index contributed by atoms with van der Waals surface area (Å²) in [7, 11) is 0. The van der Waals surface area contributed by atoms with Crippen LogP contribution in [0.15, 0.2) is 24.3 Å². The van der Waals surface area contributed by atoms with E-state index >= 15 is 0 Å². The Morgan fingerprint density at radius 3 is 2.35 bits per heavy atom. The van der Waals surface area contributed by atoms with Crippen LogP contribution in [0.25, 0.3) is 0 Å². The summed E-state index contributed by atoms with van der Waals surface area (Å²) >= 11 is 5.73. The lowest BCUT2D eigenvalue weighted by molar-refractivity contribution is -0.136. The summed E-state index contributed by atoms with van der Waals surface area (Å²) < 4.78 is 0. The minimum atomic E-state index is -0.865. The summed E-state index contributed by atoms with van der Waals surface area (Å²) in [6.45, 7) is 0.111. The fourth-order valence-electron chi connectivity index (χ4n) is 2.26. The lowest BCUT2D eigenvalue weighted by Gasteiger charge is -2.22. The Labute approximate surface area is 122 Å². The fourth-order valence-corrected chi connectivity index (χ4v) is 2.38. The van der Waals surface area contributed by atoms with E-state index in [9.17, 15) is 14.7 Å². The first-order valence-electron chi connectivity index (χ1n) is 6.56. The van der Waals surface area contributed by atoms with Gasteiger partial charge < -0.3 is 15.7 Å². The lowest BCUT2D eigenvalue weighted by atomic mass is 10.0. The minimum absolute atomic E-state index is 0.111. The summed E-state index contributed by atoms with van der Waals surface area (Å²) in [5.41, 5.74) is -0.370. The summed E-state index contributed by atoms with van der Waals surface area (Å²) in [6.07, 6.45) is 3.21. The standard InChI is InChI=1S/C14H17ClN2O3/c15-10-3-5-11(6-4-10)17-13(19)12(18)16-9-14(20)7-1-2-8-14/h3-6,20H,1-2,7-9H2,(H,16,18)(H,17,19). The first-order chi connectivity index (χ1) is 9.48. The van der Waals surface area contributed by atoms with Crippen LogP contribution < -0.4 is 10.6 Å². The van der Waals surface area contributed by atoms with E-state index in [1.807, 2.05) is 0 Å². The van der Waals surface area contributed by atoms with Gasteiger partial charge in [0.1, 0.15) is 0 Å². The second-order valence-electron chi connectivity index (χ2n) is 5.08. The summed E-state index contributed by atoms with van der Waals surface area (Å²) in [5.74, 6) is -1.51. The van der Waals surface area contributed by atoms with Crippen LogP contribution in [0.2, 0.25) is 5.02 Å². The SMILES string of the molecule is O=C(NCC1(O)CCCC1)C(=O)Nc1ccc(Cl)cc1. The largest absolute Gasteiger partial charge is 0.388 e. The second kappa shape index (κ2) is 6.24. The minimum Gasteiger partial charge on any atom is -0.388 e. The number of amides is 2. The van der Waals surface area contributed by atoms with Crippen molar-refractivity contribution in [3.05, 3.63) is 29.3 Å². The van der Waals surface area contributed by atoms with Crippen molar-refractivity contribution in [3.8, 4) is 0 Å². The van der Waals surface area contributed by atoms with Crippen molar-refractivity contribution in [2.45, 2.75) is 31.3 Å². The van der Waals surface area contributed by atoms with Gasteiger partial charge in [0, 0.05) is 17.3 Å². The maximum absolute atomic E-state index is 11.7. The summed E-state index contributed by atoms with van der Waals surface area (Å²) in [5, 5.41) is 15.6. The highest BCUT2D eigenvalue weighted by molar-refractivity contribution is 6.39. The van der Waals surface area contributed by atoms with Crippen molar-refractivity contribution in [3.63, 3.8) is 0 Å². The van der Waals surface area contributed by atoms with Gasteiger partial charge in [-0.25, -0.2) is 0 Å². The van der Waals surface area contributed by atoms with E-state index in [0.717, 1.165) is 12.8 Å². The van der Waals surface area contributed by atoms with Gasteiger partial charge in [-0.15, -0.1) is 0 Å². The van der Waals surface area contributed by atoms with Gasteiger partial charge in [0.25, 0.3) is 0 Å². The molecule has 2 amide bonds. The smallest absolute Gasteiger partial charge is 0.313 e. The highest BCUT2D eigenvalue weighted by Gasteiger charge is 2.31. The predicted molar refractivity (Wildman–Crippen MR) is 76.5 cm³/mol. The average molecular weight is 297 g/mol. The van der Waals surface area contributed by atoms with Crippen LogP contribution in [-0.2, 0) is 9.59 Å². The maximum atomic E-state index is 11.7. The van der Waals surface area contributed by atoms with E-state index in [1.165, 1.54) is 0 Å². The number of nitrogens with one attached hydrogen (secondary N) is 2. The molecule has 20 heavy (non-hydrogen) atoms.